The van der Waals surface area contributed by atoms with E-state index in [1.807, 2.05) is 0 Å². The Morgan fingerprint density at radius 1 is 0.667 bits per heavy atom. The van der Waals surface area contributed by atoms with E-state index in [1.165, 1.54) is 19.3 Å². The molecule has 4 aliphatic rings. The third kappa shape index (κ3) is 3.66. The molecule has 0 amide bonds. The van der Waals surface area contributed by atoms with Crippen LogP contribution in [-0.2, 0) is 0 Å². The van der Waals surface area contributed by atoms with Crippen molar-refractivity contribution < 1.29 is 5.11 Å². The summed E-state index contributed by atoms with van der Waals surface area (Å²) in [5, 5.41) is 8.90. The van der Waals surface area contributed by atoms with E-state index >= 15 is 0 Å². The van der Waals surface area contributed by atoms with Gasteiger partial charge in [-0.1, -0.05) is 13.3 Å². The quantitative estimate of drug-likeness (QED) is 0.608. The Hall–Kier alpha value is -0.0400. The third-order valence-electron chi connectivity index (χ3n) is 7.35. The summed E-state index contributed by atoms with van der Waals surface area (Å²) >= 11 is 0. The van der Waals surface area contributed by atoms with Crippen molar-refractivity contribution >= 4 is 0 Å². The molecule has 4 fully saturated rings. The molecule has 1 heteroatoms. The summed E-state index contributed by atoms with van der Waals surface area (Å²) in [5.74, 6) is 8.82. The molecule has 21 heavy (non-hydrogen) atoms. The van der Waals surface area contributed by atoms with Gasteiger partial charge >= 0.3 is 0 Å². The van der Waals surface area contributed by atoms with Gasteiger partial charge in [0.05, 0.1) is 0 Å². The van der Waals surface area contributed by atoms with Crippen molar-refractivity contribution in [1.29, 1.82) is 0 Å². The Labute approximate surface area is 130 Å². The highest BCUT2D eigenvalue weighted by Gasteiger charge is 2.50. The molecule has 0 aromatic heterocycles. The minimum absolute atomic E-state index is 0.401. The van der Waals surface area contributed by atoms with E-state index in [0.29, 0.717) is 6.61 Å². The van der Waals surface area contributed by atoms with E-state index in [0.717, 1.165) is 53.8 Å². The Morgan fingerprint density at radius 2 is 1.10 bits per heavy atom. The molecular weight excluding hydrogens is 256 g/mol. The summed E-state index contributed by atoms with van der Waals surface area (Å²) < 4.78 is 0. The molecule has 1 N–H and O–H groups in total. The predicted molar refractivity (Wildman–Crippen MR) is 86.8 cm³/mol. The number of aliphatic hydroxyl groups excluding tert-OH is 1. The summed E-state index contributed by atoms with van der Waals surface area (Å²) in [6, 6.07) is 0. The van der Waals surface area contributed by atoms with Gasteiger partial charge in [-0.25, -0.2) is 0 Å². The van der Waals surface area contributed by atoms with Crippen molar-refractivity contribution in [3.05, 3.63) is 0 Å². The maximum absolute atomic E-state index is 8.90. The molecular formula is C20H34O. The monoisotopic (exact) mass is 290 g/mol. The van der Waals surface area contributed by atoms with Crippen LogP contribution in [0, 0.1) is 47.3 Å². The van der Waals surface area contributed by atoms with Gasteiger partial charge in [0, 0.05) is 6.61 Å². The SMILES string of the molecule is CCC1CC1CC1CC1CC1CC1CC1CC1CCCO. The molecule has 8 atom stereocenters. The van der Waals surface area contributed by atoms with Crippen molar-refractivity contribution in [2.45, 2.75) is 71.1 Å². The number of hydrogen-bond donors (Lipinski definition) is 1. The van der Waals surface area contributed by atoms with Crippen LogP contribution in [0.1, 0.15) is 71.1 Å². The molecule has 0 saturated heterocycles. The van der Waals surface area contributed by atoms with Gasteiger partial charge in [0.15, 0.2) is 0 Å². The lowest BCUT2D eigenvalue weighted by Gasteiger charge is -2.01. The van der Waals surface area contributed by atoms with Gasteiger partial charge in [0.2, 0.25) is 0 Å². The largest absolute Gasteiger partial charge is 0.396 e. The lowest BCUT2D eigenvalue weighted by Crippen LogP contribution is -1.93. The molecule has 0 aromatic rings. The number of rotatable bonds is 10. The van der Waals surface area contributed by atoms with Gasteiger partial charge in [-0.15, -0.1) is 0 Å². The van der Waals surface area contributed by atoms with E-state index < -0.39 is 0 Å². The molecule has 0 heterocycles. The van der Waals surface area contributed by atoms with Crippen LogP contribution >= 0.6 is 0 Å². The van der Waals surface area contributed by atoms with E-state index in [2.05, 4.69) is 6.92 Å². The fourth-order valence-corrected chi connectivity index (χ4v) is 5.35. The first kappa shape index (κ1) is 14.5. The van der Waals surface area contributed by atoms with Crippen LogP contribution < -0.4 is 0 Å². The summed E-state index contributed by atoms with van der Waals surface area (Å²) in [6.45, 7) is 2.77. The van der Waals surface area contributed by atoms with Gasteiger partial charge < -0.3 is 5.11 Å². The second-order valence-electron chi connectivity index (χ2n) is 9.00. The van der Waals surface area contributed by atoms with E-state index in [9.17, 15) is 0 Å². The fraction of sp³-hybridized carbons (Fsp3) is 1.00. The van der Waals surface area contributed by atoms with Gasteiger partial charge in [0.25, 0.3) is 0 Å². The minimum atomic E-state index is 0.401. The molecule has 1 nitrogen and oxygen atoms in total. The molecule has 4 rings (SSSR count). The second kappa shape index (κ2) is 5.87. The second-order valence-corrected chi connectivity index (χ2v) is 9.00. The maximum Gasteiger partial charge on any atom is 0.0431 e. The van der Waals surface area contributed by atoms with E-state index in [4.69, 9.17) is 5.11 Å². The molecule has 120 valence electrons. The summed E-state index contributed by atoms with van der Waals surface area (Å²) in [4.78, 5) is 0. The predicted octanol–water partition coefficient (Wildman–Crippen LogP) is 4.88. The van der Waals surface area contributed by atoms with Gasteiger partial charge in [0.1, 0.15) is 0 Å². The highest BCUT2D eigenvalue weighted by Crippen LogP contribution is 2.60. The van der Waals surface area contributed by atoms with Crippen LogP contribution in [0.25, 0.3) is 0 Å². The highest BCUT2D eigenvalue weighted by atomic mass is 16.2. The zero-order valence-electron chi connectivity index (χ0n) is 13.8. The van der Waals surface area contributed by atoms with Crippen LogP contribution in [0.15, 0.2) is 0 Å². The first-order valence-electron chi connectivity index (χ1n) is 9.89. The Balaban J connectivity index is 1.07. The van der Waals surface area contributed by atoms with Crippen LogP contribution in [0.2, 0.25) is 0 Å². The topological polar surface area (TPSA) is 20.2 Å². The van der Waals surface area contributed by atoms with Crippen molar-refractivity contribution in [2.75, 3.05) is 6.61 Å². The standard InChI is InChI=1S/C20H34O/c1-2-13-6-15(13)8-17-10-19(17)12-20-11-18(20)9-16-7-14(16)4-3-5-21/h13-21H,2-12H2,1H3. The average Bonchev–Trinajstić information content (AvgIpc) is 3.31. The van der Waals surface area contributed by atoms with Crippen LogP contribution in [-0.4, -0.2) is 11.7 Å². The normalized spacial score (nSPS) is 50.0. The summed E-state index contributed by atoms with van der Waals surface area (Å²) in [5.41, 5.74) is 0. The first-order valence-corrected chi connectivity index (χ1v) is 9.89. The summed E-state index contributed by atoms with van der Waals surface area (Å²) in [7, 11) is 0. The molecule has 0 spiro atoms. The molecule has 0 aromatic carbocycles. The zero-order chi connectivity index (χ0) is 14.4. The third-order valence-corrected chi connectivity index (χ3v) is 7.35. The van der Waals surface area contributed by atoms with E-state index in [1.54, 1.807) is 38.5 Å². The number of hydrogen-bond acceptors (Lipinski definition) is 1. The lowest BCUT2D eigenvalue weighted by atomic mass is 10.0. The zero-order valence-corrected chi connectivity index (χ0v) is 13.8. The molecule has 0 bridgehead atoms. The molecule has 4 aliphatic carbocycles. The lowest BCUT2D eigenvalue weighted by molar-refractivity contribution is 0.279. The Kier molecular flexibility index (Phi) is 4.07. The van der Waals surface area contributed by atoms with Gasteiger partial charge in [-0.2, -0.15) is 0 Å². The van der Waals surface area contributed by atoms with Crippen LogP contribution in [0.4, 0.5) is 0 Å². The average molecular weight is 290 g/mol. The van der Waals surface area contributed by atoms with Crippen molar-refractivity contribution in [1.82, 2.24) is 0 Å². The van der Waals surface area contributed by atoms with Gasteiger partial charge in [-0.05, 0) is 105 Å². The van der Waals surface area contributed by atoms with Crippen LogP contribution in [0.5, 0.6) is 0 Å². The fourth-order valence-electron chi connectivity index (χ4n) is 5.35. The molecule has 0 aliphatic heterocycles. The van der Waals surface area contributed by atoms with Crippen molar-refractivity contribution in [3.8, 4) is 0 Å². The van der Waals surface area contributed by atoms with Crippen molar-refractivity contribution in [3.63, 3.8) is 0 Å². The number of aliphatic hydroxyl groups is 1. The first-order chi connectivity index (χ1) is 10.3. The van der Waals surface area contributed by atoms with Crippen LogP contribution in [0.3, 0.4) is 0 Å². The van der Waals surface area contributed by atoms with E-state index in [-0.39, 0.29) is 0 Å². The Bertz CT molecular complexity index is 365. The summed E-state index contributed by atoms with van der Waals surface area (Å²) in [6.07, 6.45) is 14.7. The highest BCUT2D eigenvalue weighted by molar-refractivity contribution is 5.00. The Morgan fingerprint density at radius 3 is 1.57 bits per heavy atom. The maximum atomic E-state index is 8.90. The van der Waals surface area contributed by atoms with Crippen molar-refractivity contribution in [2.24, 2.45) is 47.3 Å². The molecule has 4 saturated carbocycles. The minimum Gasteiger partial charge on any atom is -0.396 e. The molecule has 8 unspecified atom stereocenters. The van der Waals surface area contributed by atoms with Gasteiger partial charge in [-0.3, -0.25) is 0 Å². The molecule has 0 radical (unpaired) electrons. The smallest absolute Gasteiger partial charge is 0.0431 e.